The Morgan fingerprint density at radius 2 is 1.64 bits per heavy atom. The Morgan fingerprint density at radius 1 is 1.04 bits per heavy atom. The van der Waals surface area contributed by atoms with Crippen molar-refractivity contribution in [2.75, 3.05) is 24.0 Å². The van der Waals surface area contributed by atoms with E-state index in [1.54, 1.807) is 42.5 Å². The van der Waals surface area contributed by atoms with Gasteiger partial charge in [0.2, 0.25) is 5.91 Å². The minimum atomic E-state index is -0.592. The number of hydrogen-bond donors (Lipinski definition) is 2. The number of hydrogen-bond acceptors (Lipinski definition) is 5. The van der Waals surface area contributed by atoms with E-state index in [-0.39, 0.29) is 6.73 Å². The average molecular weight is 343 g/mol. The molecule has 0 aliphatic carbocycles. The van der Waals surface area contributed by atoms with Crippen molar-refractivity contribution >= 4 is 23.3 Å². The Balaban J connectivity index is 2.00. The maximum Gasteiger partial charge on any atom is 0.331 e. The third-order valence-corrected chi connectivity index (χ3v) is 3.27. The smallest absolute Gasteiger partial charge is 0.331 e. The Bertz CT molecular complexity index is 731. The average Bonchev–Trinajstić information content (AvgIpc) is 2.58. The highest BCUT2D eigenvalue weighted by Gasteiger charge is 2.20. The second kappa shape index (κ2) is 8.58. The molecule has 0 radical (unpaired) electrons. The number of anilines is 2. The molecule has 25 heavy (non-hydrogen) atoms. The van der Waals surface area contributed by atoms with Crippen molar-refractivity contribution in [1.29, 1.82) is 0 Å². The van der Waals surface area contributed by atoms with Crippen molar-refractivity contribution < 1.29 is 19.1 Å². The van der Waals surface area contributed by atoms with Crippen LogP contribution in [-0.4, -0.2) is 25.3 Å². The number of urea groups is 1. The number of nitrogens with zero attached hydrogens (tertiary/aromatic N) is 1. The van der Waals surface area contributed by atoms with Gasteiger partial charge in [-0.1, -0.05) is 12.1 Å². The summed E-state index contributed by atoms with van der Waals surface area (Å²) in [6, 6.07) is 13.0. The first-order chi connectivity index (χ1) is 12.0. The quantitative estimate of drug-likeness (QED) is 0.621. The maximum absolute atomic E-state index is 12.3. The number of nitrogens with two attached hydrogens (primary N) is 1. The van der Waals surface area contributed by atoms with Crippen molar-refractivity contribution in [2.24, 2.45) is 0 Å². The summed E-state index contributed by atoms with van der Waals surface area (Å²) in [5, 5.41) is 2.55. The number of nitrogens with one attached hydrogen (secondary N) is 1. The summed E-state index contributed by atoms with van der Waals surface area (Å²) in [5.41, 5.74) is 6.60. The summed E-state index contributed by atoms with van der Waals surface area (Å²) in [5.74, 6) is 0.671. The number of para-hydroxylation sites is 2. The summed E-state index contributed by atoms with van der Waals surface area (Å²) in [4.78, 5) is 25.1. The number of carbonyl (C=O) groups is 2. The van der Waals surface area contributed by atoms with Crippen LogP contribution in [0.2, 0.25) is 0 Å². The lowest BCUT2D eigenvalue weighted by Crippen LogP contribution is -2.44. The van der Waals surface area contributed by atoms with Crippen LogP contribution in [-0.2, 0) is 4.79 Å². The van der Waals surface area contributed by atoms with E-state index in [1.807, 2.05) is 13.0 Å². The molecule has 7 heteroatoms. The molecule has 7 nitrogen and oxygen atoms in total. The van der Waals surface area contributed by atoms with Gasteiger partial charge in [0, 0.05) is 12.6 Å². The summed E-state index contributed by atoms with van der Waals surface area (Å²) < 4.78 is 11.0. The van der Waals surface area contributed by atoms with Crippen molar-refractivity contribution in [3.05, 3.63) is 48.5 Å². The Kier molecular flexibility index (Phi) is 6.22. The minimum absolute atomic E-state index is 0.109. The van der Waals surface area contributed by atoms with Gasteiger partial charge in [0.1, 0.15) is 0 Å². The Morgan fingerprint density at radius 3 is 2.20 bits per heavy atom. The van der Waals surface area contributed by atoms with Gasteiger partial charge >= 0.3 is 6.03 Å². The highest BCUT2D eigenvalue weighted by Crippen LogP contribution is 2.26. The molecule has 132 valence electrons. The molecule has 0 bridgehead atoms. The number of imide groups is 1. The highest BCUT2D eigenvalue weighted by atomic mass is 16.5. The number of carbonyl (C=O) groups excluding carboxylic acids is 2. The standard InChI is InChI=1S/C18H21N3O4/c1-3-24-16-6-4-5-7-17(16)25-12-20-18(23)21(13(2)22)15-10-8-14(19)9-11-15/h4-11H,3,12,19H2,1-2H3,(H,20,23). The molecule has 2 aromatic rings. The Labute approximate surface area is 146 Å². The second-order valence-electron chi connectivity index (χ2n) is 5.10. The van der Waals surface area contributed by atoms with E-state index < -0.39 is 11.9 Å². The van der Waals surface area contributed by atoms with Gasteiger partial charge in [0.25, 0.3) is 0 Å². The van der Waals surface area contributed by atoms with Gasteiger partial charge in [0.15, 0.2) is 18.2 Å². The molecule has 0 unspecified atom stereocenters. The summed E-state index contributed by atoms with van der Waals surface area (Å²) in [6.07, 6.45) is 0. The fourth-order valence-electron chi connectivity index (χ4n) is 2.16. The van der Waals surface area contributed by atoms with Crippen molar-refractivity contribution in [3.63, 3.8) is 0 Å². The highest BCUT2D eigenvalue weighted by molar-refractivity contribution is 6.13. The van der Waals surface area contributed by atoms with Gasteiger partial charge in [-0.2, -0.15) is 0 Å². The molecule has 0 spiro atoms. The summed E-state index contributed by atoms with van der Waals surface area (Å²) in [7, 11) is 0. The molecule has 0 aliphatic heterocycles. The first-order valence-electron chi connectivity index (χ1n) is 7.81. The number of ether oxygens (including phenoxy) is 2. The minimum Gasteiger partial charge on any atom is -0.490 e. The second-order valence-corrected chi connectivity index (χ2v) is 5.10. The molecule has 0 atom stereocenters. The van der Waals surface area contributed by atoms with Crippen LogP contribution in [0.25, 0.3) is 0 Å². The van der Waals surface area contributed by atoms with Crippen LogP contribution in [0.5, 0.6) is 11.5 Å². The SMILES string of the molecule is CCOc1ccccc1OCNC(=O)N(C(C)=O)c1ccc(N)cc1. The van der Waals surface area contributed by atoms with Crippen LogP contribution in [0.4, 0.5) is 16.2 Å². The van der Waals surface area contributed by atoms with Crippen molar-refractivity contribution in [2.45, 2.75) is 13.8 Å². The molecule has 0 saturated carbocycles. The fourth-order valence-corrected chi connectivity index (χ4v) is 2.16. The topological polar surface area (TPSA) is 93.9 Å². The molecule has 2 rings (SSSR count). The third-order valence-electron chi connectivity index (χ3n) is 3.27. The zero-order valence-corrected chi connectivity index (χ0v) is 14.2. The molecule has 3 N–H and O–H groups in total. The number of nitrogen functional groups attached to an aromatic ring is 1. The summed E-state index contributed by atoms with van der Waals surface area (Å²) >= 11 is 0. The van der Waals surface area contributed by atoms with E-state index in [4.69, 9.17) is 15.2 Å². The third kappa shape index (κ3) is 4.87. The lowest BCUT2D eigenvalue weighted by Gasteiger charge is -2.20. The number of amides is 3. The molecule has 0 aliphatic rings. The molecule has 2 aromatic carbocycles. The number of rotatable bonds is 6. The van der Waals surface area contributed by atoms with Gasteiger partial charge in [-0.15, -0.1) is 0 Å². The molecular weight excluding hydrogens is 322 g/mol. The molecule has 0 saturated heterocycles. The fraction of sp³-hybridized carbons (Fsp3) is 0.222. The largest absolute Gasteiger partial charge is 0.490 e. The van der Waals surface area contributed by atoms with E-state index in [9.17, 15) is 9.59 Å². The zero-order chi connectivity index (χ0) is 18.2. The van der Waals surface area contributed by atoms with Gasteiger partial charge < -0.3 is 20.5 Å². The molecule has 0 aromatic heterocycles. The molecule has 0 fully saturated rings. The van der Waals surface area contributed by atoms with Crippen LogP contribution >= 0.6 is 0 Å². The first kappa shape index (κ1) is 18.1. The van der Waals surface area contributed by atoms with E-state index >= 15 is 0 Å². The van der Waals surface area contributed by atoms with Gasteiger partial charge in [0.05, 0.1) is 12.3 Å². The lowest BCUT2D eigenvalue weighted by atomic mass is 10.2. The van der Waals surface area contributed by atoms with Crippen LogP contribution < -0.4 is 25.4 Å². The summed E-state index contributed by atoms with van der Waals surface area (Å²) in [6.45, 7) is 3.57. The Hall–Kier alpha value is -3.22. The first-order valence-corrected chi connectivity index (χ1v) is 7.81. The van der Waals surface area contributed by atoms with E-state index in [1.165, 1.54) is 6.92 Å². The van der Waals surface area contributed by atoms with Gasteiger partial charge in [-0.25, -0.2) is 9.69 Å². The predicted molar refractivity (Wildman–Crippen MR) is 95.7 cm³/mol. The van der Waals surface area contributed by atoms with Crippen molar-refractivity contribution in [1.82, 2.24) is 5.32 Å². The van der Waals surface area contributed by atoms with E-state index in [0.717, 1.165) is 4.90 Å². The van der Waals surface area contributed by atoms with Crippen LogP contribution in [0.15, 0.2) is 48.5 Å². The molecule has 3 amide bonds. The van der Waals surface area contributed by atoms with Gasteiger partial charge in [-0.3, -0.25) is 4.79 Å². The van der Waals surface area contributed by atoms with Crippen molar-refractivity contribution in [3.8, 4) is 11.5 Å². The number of benzene rings is 2. The predicted octanol–water partition coefficient (Wildman–Crippen LogP) is 2.77. The van der Waals surface area contributed by atoms with E-state index in [0.29, 0.717) is 29.5 Å². The normalized spacial score (nSPS) is 10.0. The van der Waals surface area contributed by atoms with E-state index in [2.05, 4.69) is 5.32 Å². The lowest BCUT2D eigenvalue weighted by molar-refractivity contribution is -0.115. The van der Waals surface area contributed by atoms with Crippen LogP contribution in [0, 0.1) is 0 Å². The van der Waals surface area contributed by atoms with Crippen LogP contribution in [0.1, 0.15) is 13.8 Å². The zero-order valence-electron chi connectivity index (χ0n) is 14.2. The molecular formula is C18H21N3O4. The van der Waals surface area contributed by atoms with Gasteiger partial charge in [-0.05, 0) is 43.3 Å². The monoisotopic (exact) mass is 343 g/mol. The maximum atomic E-state index is 12.3. The van der Waals surface area contributed by atoms with Crippen LogP contribution in [0.3, 0.4) is 0 Å². The molecule has 0 heterocycles.